The minimum atomic E-state index is -0.486. The number of hydrogen-bond donors (Lipinski definition) is 2. The minimum Gasteiger partial charge on any atom is -0.506 e. The van der Waals surface area contributed by atoms with Crippen LogP contribution in [-0.4, -0.2) is 23.4 Å². The summed E-state index contributed by atoms with van der Waals surface area (Å²) in [5, 5.41) is 18.9. The molecule has 4 heteroatoms. The number of halogens is 1. The first-order valence-corrected chi connectivity index (χ1v) is 5.07. The molecule has 0 bridgehead atoms. The Bertz CT molecular complexity index is 323. The van der Waals surface area contributed by atoms with E-state index in [-0.39, 0.29) is 5.75 Å². The summed E-state index contributed by atoms with van der Waals surface area (Å²) in [5.41, 5.74) is 0.672. The molecule has 1 rings (SSSR count). The van der Waals surface area contributed by atoms with E-state index < -0.39 is 6.10 Å². The van der Waals surface area contributed by atoms with Gasteiger partial charge in [0.1, 0.15) is 11.5 Å². The van der Waals surface area contributed by atoms with E-state index in [1.807, 2.05) is 0 Å². The highest BCUT2D eigenvalue weighted by Crippen LogP contribution is 2.33. The molecule has 78 valence electrons. The zero-order valence-corrected chi connectivity index (χ0v) is 9.71. The number of ether oxygens (including phenoxy) is 1. The second kappa shape index (κ2) is 4.66. The van der Waals surface area contributed by atoms with Gasteiger partial charge in [0.15, 0.2) is 0 Å². The molecule has 0 aliphatic carbocycles. The van der Waals surface area contributed by atoms with Gasteiger partial charge >= 0.3 is 0 Å². The zero-order chi connectivity index (χ0) is 10.7. The Balaban J connectivity index is 3.07. The molecule has 0 aliphatic rings. The van der Waals surface area contributed by atoms with Gasteiger partial charge in [-0.1, -0.05) is 0 Å². The zero-order valence-electron chi connectivity index (χ0n) is 8.12. The summed E-state index contributed by atoms with van der Waals surface area (Å²) in [7, 11) is 1.56. The number of aromatic hydroxyl groups is 1. The molecule has 2 N–H and O–H groups in total. The number of aliphatic hydroxyl groups excluding tert-OH is 1. The molecule has 1 aromatic rings. The molecular weight excluding hydrogens is 248 g/mol. The van der Waals surface area contributed by atoms with Gasteiger partial charge in [0.05, 0.1) is 17.7 Å². The van der Waals surface area contributed by atoms with E-state index in [0.29, 0.717) is 22.2 Å². The predicted octanol–water partition coefficient (Wildman–Crippen LogP) is 2.09. The molecule has 0 saturated heterocycles. The van der Waals surface area contributed by atoms with E-state index >= 15 is 0 Å². The summed E-state index contributed by atoms with van der Waals surface area (Å²) in [6, 6.07) is 3.40. The van der Waals surface area contributed by atoms with Crippen molar-refractivity contribution in [3.05, 3.63) is 22.2 Å². The average Bonchev–Trinajstić information content (AvgIpc) is 2.11. The van der Waals surface area contributed by atoms with E-state index in [9.17, 15) is 10.2 Å². The third-order valence-corrected chi connectivity index (χ3v) is 2.47. The fraction of sp³-hybridized carbons (Fsp3) is 0.400. The lowest BCUT2D eigenvalue weighted by atomic mass is 10.1. The van der Waals surface area contributed by atoms with Crippen LogP contribution in [0.15, 0.2) is 16.6 Å². The number of rotatable bonds is 3. The molecule has 1 unspecified atom stereocenters. The lowest BCUT2D eigenvalue weighted by Crippen LogP contribution is -2.04. The fourth-order valence-electron chi connectivity index (χ4n) is 1.22. The van der Waals surface area contributed by atoms with E-state index in [4.69, 9.17) is 4.74 Å². The van der Waals surface area contributed by atoms with Crippen LogP contribution in [0.3, 0.4) is 0 Å². The van der Waals surface area contributed by atoms with Crippen molar-refractivity contribution in [1.82, 2.24) is 0 Å². The Kier molecular flexibility index (Phi) is 3.77. The van der Waals surface area contributed by atoms with Gasteiger partial charge in [0.2, 0.25) is 0 Å². The summed E-state index contributed by atoms with van der Waals surface area (Å²) >= 11 is 3.22. The van der Waals surface area contributed by atoms with Crippen LogP contribution in [-0.2, 0) is 6.42 Å². The summed E-state index contributed by atoms with van der Waals surface area (Å²) < 4.78 is 5.63. The maximum Gasteiger partial charge on any atom is 0.133 e. The molecule has 1 atom stereocenters. The standard InChI is InChI=1S/C10H13BrO3/c1-6(12)3-7-4-8(14-2)5-9(11)10(7)13/h4-6,12-13H,3H2,1-2H3. The molecule has 0 heterocycles. The molecule has 1 aromatic carbocycles. The molecular formula is C10H13BrO3. The maximum absolute atomic E-state index is 9.65. The Morgan fingerprint density at radius 1 is 1.50 bits per heavy atom. The fourth-order valence-corrected chi connectivity index (χ4v) is 1.70. The number of benzene rings is 1. The molecule has 0 saturated carbocycles. The second-order valence-corrected chi connectivity index (χ2v) is 4.02. The molecule has 14 heavy (non-hydrogen) atoms. The normalized spacial score (nSPS) is 12.6. The number of phenolic OH excluding ortho intramolecular Hbond substituents is 1. The van der Waals surface area contributed by atoms with Crippen molar-refractivity contribution in [2.75, 3.05) is 7.11 Å². The van der Waals surface area contributed by atoms with Crippen LogP contribution in [0.5, 0.6) is 11.5 Å². The highest BCUT2D eigenvalue weighted by molar-refractivity contribution is 9.10. The van der Waals surface area contributed by atoms with Crippen LogP contribution >= 0.6 is 15.9 Å². The van der Waals surface area contributed by atoms with Crippen molar-refractivity contribution in [3.63, 3.8) is 0 Å². The van der Waals surface area contributed by atoms with Crippen molar-refractivity contribution in [3.8, 4) is 11.5 Å². The SMILES string of the molecule is COc1cc(Br)c(O)c(CC(C)O)c1. The number of phenols is 1. The summed E-state index contributed by atoms with van der Waals surface area (Å²) in [4.78, 5) is 0. The van der Waals surface area contributed by atoms with Crippen molar-refractivity contribution < 1.29 is 14.9 Å². The lowest BCUT2D eigenvalue weighted by Gasteiger charge is -2.10. The molecule has 0 aliphatic heterocycles. The van der Waals surface area contributed by atoms with E-state index in [1.165, 1.54) is 0 Å². The lowest BCUT2D eigenvalue weighted by molar-refractivity contribution is 0.194. The minimum absolute atomic E-state index is 0.159. The highest BCUT2D eigenvalue weighted by atomic mass is 79.9. The third kappa shape index (κ3) is 2.62. The van der Waals surface area contributed by atoms with Crippen LogP contribution in [0, 0.1) is 0 Å². The van der Waals surface area contributed by atoms with Crippen LogP contribution in [0.1, 0.15) is 12.5 Å². The Hall–Kier alpha value is -0.740. The van der Waals surface area contributed by atoms with Gasteiger partial charge in [-0.05, 0) is 35.0 Å². The highest BCUT2D eigenvalue weighted by Gasteiger charge is 2.10. The van der Waals surface area contributed by atoms with Gasteiger partial charge in [0.25, 0.3) is 0 Å². The quantitative estimate of drug-likeness (QED) is 0.875. The molecule has 0 aromatic heterocycles. The largest absolute Gasteiger partial charge is 0.506 e. The molecule has 0 fully saturated rings. The summed E-state index contributed by atoms with van der Waals surface area (Å²) in [6.45, 7) is 1.67. The Labute approximate surface area is 91.5 Å². The van der Waals surface area contributed by atoms with Crippen molar-refractivity contribution in [1.29, 1.82) is 0 Å². The molecule has 3 nitrogen and oxygen atoms in total. The predicted molar refractivity (Wildman–Crippen MR) is 57.7 cm³/mol. The van der Waals surface area contributed by atoms with Gasteiger partial charge in [-0.3, -0.25) is 0 Å². The summed E-state index contributed by atoms with van der Waals surface area (Å²) in [6.07, 6.45) is -0.0818. The molecule has 0 spiro atoms. The summed E-state index contributed by atoms with van der Waals surface area (Å²) in [5.74, 6) is 0.817. The number of hydrogen-bond acceptors (Lipinski definition) is 3. The first-order chi connectivity index (χ1) is 6.54. The topological polar surface area (TPSA) is 49.7 Å². The van der Waals surface area contributed by atoms with E-state index in [2.05, 4.69) is 15.9 Å². The van der Waals surface area contributed by atoms with Crippen molar-refractivity contribution in [2.45, 2.75) is 19.4 Å². The van der Waals surface area contributed by atoms with E-state index in [0.717, 1.165) is 0 Å². The number of aliphatic hydroxyl groups is 1. The second-order valence-electron chi connectivity index (χ2n) is 3.17. The van der Waals surface area contributed by atoms with Crippen LogP contribution < -0.4 is 4.74 Å². The van der Waals surface area contributed by atoms with Gasteiger partial charge in [-0.15, -0.1) is 0 Å². The smallest absolute Gasteiger partial charge is 0.133 e. The van der Waals surface area contributed by atoms with Crippen molar-refractivity contribution in [2.24, 2.45) is 0 Å². The maximum atomic E-state index is 9.65. The average molecular weight is 261 g/mol. The van der Waals surface area contributed by atoms with Crippen molar-refractivity contribution >= 4 is 15.9 Å². The first kappa shape index (κ1) is 11.3. The number of methoxy groups -OCH3 is 1. The van der Waals surface area contributed by atoms with Crippen LogP contribution in [0.25, 0.3) is 0 Å². The van der Waals surface area contributed by atoms with Gasteiger partial charge < -0.3 is 14.9 Å². The van der Waals surface area contributed by atoms with Gasteiger partial charge in [-0.25, -0.2) is 0 Å². The molecule has 0 radical (unpaired) electrons. The Morgan fingerprint density at radius 3 is 2.64 bits per heavy atom. The monoisotopic (exact) mass is 260 g/mol. The first-order valence-electron chi connectivity index (χ1n) is 4.28. The van der Waals surface area contributed by atoms with Gasteiger partial charge in [-0.2, -0.15) is 0 Å². The third-order valence-electron chi connectivity index (χ3n) is 1.87. The van der Waals surface area contributed by atoms with Crippen LogP contribution in [0.4, 0.5) is 0 Å². The Morgan fingerprint density at radius 2 is 2.14 bits per heavy atom. The van der Waals surface area contributed by atoms with Crippen LogP contribution in [0.2, 0.25) is 0 Å². The van der Waals surface area contributed by atoms with Gasteiger partial charge in [0, 0.05) is 12.0 Å². The van der Waals surface area contributed by atoms with E-state index in [1.54, 1.807) is 26.2 Å². The molecule has 0 amide bonds.